The lowest BCUT2D eigenvalue weighted by atomic mass is 10.3. The molecule has 0 fully saturated rings. The summed E-state index contributed by atoms with van der Waals surface area (Å²) in [4.78, 5) is 28.9. The fraction of sp³-hybridized carbons (Fsp3) is 0.381. The number of carbonyl (C=O) groups excluding carboxylic acids is 2. The van der Waals surface area contributed by atoms with Crippen LogP contribution in [0.25, 0.3) is 0 Å². The van der Waals surface area contributed by atoms with Crippen molar-refractivity contribution in [3.63, 3.8) is 0 Å². The molecule has 0 aliphatic heterocycles. The Kier molecular flexibility index (Phi) is 8.66. The molecular formula is C21H25N5O5S2. The molecular weight excluding hydrogens is 466 g/mol. The smallest absolute Gasteiger partial charge is 0.350 e. The van der Waals surface area contributed by atoms with Crippen LogP contribution in [-0.4, -0.2) is 51.1 Å². The Morgan fingerprint density at radius 2 is 2.00 bits per heavy atom. The standard InChI is InChI=1S/C21H25N5O5S2/c1-5-26-16(11-31-15-9-7-8-14(10-15)29-4)24-25-21(26)32-12-17(27)23-20-22-13(3)18(33-20)19(28)30-6-2/h7-10H,5-6,11-12H2,1-4H3,(H,22,23,27). The quantitative estimate of drug-likeness (QED) is 0.317. The molecule has 3 rings (SSSR count). The number of ether oxygens (including phenoxy) is 3. The van der Waals surface area contributed by atoms with Crippen LogP contribution in [-0.2, 0) is 22.7 Å². The van der Waals surface area contributed by atoms with Crippen molar-refractivity contribution >= 4 is 40.1 Å². The van der Waals surface area contributed by atoms with Crippen molar-refractivity contribution in [2.45, 2.75) is 39.1 Å². The molecule has 0 bridgehead atoms. The van der Waals surface area contributed by atoms with E-state index in [1.807, 2.05) is 29.7 Å². The number of methoxy groups -OCH3 is 1. The largest absolute Gasteiger partial charge is 0.497 e. The van der Waals surface area contributed by atoms with Gasteiger partial charge in [0.25, 0.3) is 0 Å². The molecule has 1 amide bonds. The molecule has 0 aliphatic carbocycles. The third kappa shape index (κ3) is 6.45. The molecule has 3 aromatic rings. The molecule has 0 saturated heterocycles. The molecule has 1 N–H and O–H groups in total. The minimum atomic E-state index is -0.442. The first-order chi connectivity index (χ1) is 15.9. The third-order valence-corrected chi connectivity index (χ3v) is 6.37. The van der Waals surface area contributed by atoms with Crippen LogP contribution in [0.15, 0.2) is 29.4 Å². The first kappa shape index (κ1) is 24.5. The lowest BCUT2D eigenvalue weighted by Crippen LogP contribution is -2.14. The van der Waals surface area contributed by atoms with Gasteiger partial charge in [-0.15, -0.1) is 10.2 Å². The normalized spacial score (nSPS) is 10.7. The van der Waals surface area contributed by atoms with Gasteiger partial charge in [-0.05, 0) is 32.9 Å². The van der Waals surface area contributed by atoms with Gasteiger partial charge in [-0.3, -0.25) is 4.79 Å². The van der Waals surface area contributed by atoms with E-state index in [0.29, 0.717) is 44.7 Å². The molecule has 1 aromatic carbocycles. The highest BCUT2D eigenvalue weighted by Gasteiger charge is 2.18. The Morgan fingerprint density at radius 3 is 2.73 bits per heavy atom. The summed E-state index contributed by atoms with van der Waals surface area (Å²) in [5.74, 6) is 1.43. The van der Waals surface area contributed by atoms with E-state index in [9.17, 15) is 9.59 Å². The van der Waals surface area contributed by atoms with Gasteiger partial charge in [0.2, 0.25) is 5.91 Å². The van der Waals surface area contributed by atoms with Crippen LogP contribution < -0.4 is 14.8 Å². The zero-order valence-corrected chi connectivity index (χ0v) is 20.4. The fourth-order valence-corrected chi connectivity index (χ4v) is 4.51. The van der Waals surface area contributed by atoms with E-state index in [-0.39, 0.29) is 24.9 Å². The van der Waals surface area contributed by atoms with Gasteiger partial charge in [0.15, 0.2) is 16.1 Å². The van der Waals surface area contributed by atoms with Gasteiger partial charge >= 0.3 is 5.97 Å². The van der Waals surface area contributed by atoms with Crippen molar-refractivity contribution in [2.75, 3.05) is 24.8 Å². The maximum Gasteiger partial charge on any atom is 0.350 e. The summed E-state index contributed by atoms with van der Waals surface area (Å²) in [5, 5.41) is 12.1. The maximum absolute atomic E-state index is 12.4. The number of rotatable bonds is 11. The van der Waals surface area contributed by atoms with E-state index in [1.54, 1.807) is 27.0 Å². The molecule has 176 valence electrons. The number of nitrogens with one attached hydrogen (secondary N) is 1. The second-order valence-electron chi connectivity index (χ2n) is 6.60. The van der Waals surface area contributed by atoms with Gasteiger partial charge in [-0.1, -0.05) is 29.2 Å². The molecule has 0 radical (unpaired) electrons. The number of nitrogens with zero attached hydrogens (tertiary/aromatic N) is 4. The Hall–Kier alpha value is -3.12. The Morgan fingerprint density at radius 1 is 1.21 bits per heavy atom. The van der Waals surface area contributed by atoms with Gasteiger partial charge in [0, 0.05) is 12.6 Å². The van der Waals surface area contributed by atoms with E-state index in [1.165, 1.54) is 11.8 Å². The highest BCUT2D eigenvalue weighted by atomic mass is 32.2. The molecule has 0 saturated carbocycles. The van der Waals surface area contributed by atoms with E-state index >= 15 is 0 Å². The average molecular weight is 492 g/mol. The monoisotopic (exact) mass is 491 g/mol. The van der Waals surface area contributed by atoms with E-state index in [4.69, 9.17) is 14.2 Å². The summed E-state index contributed by atoms with van der Waals surface area (Å²) in [5.41, 5.74) is 0.521. The van der Waals surface area contributed by atoms with Crippen LogP contribution in [0, 0.1) is 6.92 Å². The summed E-state index contributed by atoms with van der Waals surface area (Å²) >= 11 is 2.35. The topological polar surface area (TPSA) is 117 Å². The number of benzene rings is 1. The Labute approximate surface area is 199 Å². The second-order valence-corrected chi connectivity index (χ2v) is 8.54. The molecule has 33 heavy (non-hydrogen) atoms. The number of hydrogen-bond acceptors (Lipinski definition) is 10. The van der Waals surface area contributed by atoms with Crippen molar-refractivity contribution in [3.8, 4) is 11.5 Å². The summed E-state index contributed by atoms with van der Waals surface area (Å²) < 4.78 is 17.9. The maximum atomic E-state index is 12.4. The van der Waals surface area contributed by atoms with Crippen molar-refractivity contribution in [1.29, 1.82) is 0 Å². The number of thiazole rings is 1. The number of amides is 1. The predicted molar refractivity (Wildman–Crippen MR) is 125 cm³/mol. The van der Waals surface area contributed by atoms with Crippen LogP contribution in [0.4, 0.5) is 5.13 Å². The zero-order valence-electron chi connectivity index (χ0n) is 18.8. The molecule has 0 atom stereocenters. The predicted octanol–water partition coefficient (Wildman–Crippen LogP) is 3.56. The molecule has 0 aliphatic rings. The summed E-state index contributed by atoms with van der Waals surface area (Å²) in [6, 6.07) is 7.31. The second kappa shape index (κ2) is 11.7. The van der Waals surface area contributed by atoms with Crippen LogP contribution in [0.1, 0.15) is 35.0 Å². The number of aromatic nitrogens is 4. The van der Waals surface area contributed by atoms with E-state index in [0.717, 1.165) is 11.3 Å². The van der Waals surface area contributed by atoms with Crippen molar-refractivity contribution in [3.05, 3.63) is 40.7 Å². The number of thioether (sulfide) groups is 1. The van der Waals surface area contributed by atoms with Crippen molar-refractivity contribution in [2.24, 2.45) is 0 Å². The average Bonchev–Trinajstić information content (AvgIpc) is 3.38. The molecule has 10 nitrogen and oxygen atoms in total. The van der Waals surface area contributed by atoms with Crippen LogP contribution in [0.3, 0.4) is 0 Å². The lowest BCUT2D eigenvalue weighted by Gasteiger charge is -2.09. The molecule has 2 heterocycles. The van der Waals surface area contributed by atoms with E-state index in [2.05, 4.69) is 20.5 Å². The molecule has 0 unspecified atom stereocenters. The Bertz CT molecular complexity index is 1110. The minimum absolute atomic E-state index is 0.113. The van der Waals surface area contributed by atoms with Crippen molar-refractivity contribution in [1.82, 2.24) is 19.7 Å². The highest BCUT2D eigenvalue weighted by Crippen LogP contribution is 2.25. The van der Waals surface area contributed by atoms with Gasteiger partial charge in [-0.25, -0.2) is 9.78 Å². The molecule has 0 spiro atoms. The van der Waals surface area contributed by atoms with Crippen molar-refractivity contribution < 1.29 is 23.8 Å². The number of anilines is 1. The van der Waals surface area contributed by atoms with Crippen LogP contribution >= 0.6 is 23.1 Å². The SMILES string of the molecule is CCOC(=O)c1sc(NC(=O)CSc2nnc(COc3cccc(OC)c3)n2CC)nc1C. The summed E-state index contributed by atoms with van der Waals surface area (Å²) in [6.45, 7) is 6.54. The zero-order chi connectivity index (χ0) is 23.8. The van der Waals surface area contributed by atoms with Crippen LogP contribution in [0.2, 0.25) is 0 Å². The summed E-state index contributed by atoms with van der Waals surface area (Å²) in [6.07, 6.45) is 0. The molecule has 2 aromatic heterocycles. The first-order valence-corrected chi connectivity index (χ1v) is 12.0. The third-order valence-electron chi connectivity index (χ3n) is 4.35. The summed E-state index contributed by atoms with van der Waals surface area (Å²) in [7, 11) is 1.60. The number of hydrogen-bond donors (Lipinski definition) is 1. The van der Waals surface area contributed by atoms with Gasteiger partial charge in [-0.2, -0.15) is 0 Å². The fourth-order valence-electron chi connectivity index (χ4n) is 2.81. The number of aryl methyl sites for hydroxylation is 1. The minimum Gasteiger partial charge on any atom is -0.497 e. The Balaban J connectivity index is 1.57. The van der Waals surface area contributed by atoms with Gasteiger partial charge in [0.1, 0.15) is 23.0 Å². The first-order valence-electron chi connectivity index (χ1n) is 10.2. The highest BCUT2D eigenvalue weighted by molar-refractivity contribution is 7.99. The van der Waals surface area contributed by atoms with Gasteiger partial charge in [0.05, 0.1) is 25.2 Å². The number of carbonyl (C=O) groups is 2. The van der Waals surface area contributed by atoms with E-state index < -0.39 is 5.97 Å². The molecule has 12 heteroatoms. The van der Waals surface area contributed by atoms with Crippen LogP contribution in [0.5, 0.6) is 11.5 Å². The number of esters is 1. The lowest BCUT2D eigenvalue weighted by molar-refractivity contribution is -0.113. The van der Waals surface area contributed by atoms with Gasteiger partial charge < -0.3 is 24.1 Å².